The molecule has 2 rings (SSSR count). The summed E-state index contributed by atoms with van der Waals surface area (Å²) < 4.78 is 13.5. The Morgan fingerprint density at radius 3 is 2.71 bits per heavy atom. The Balaban J connectivity index is 1.89. The van der Waals surface area contributed by atoms with Crippen LogP contribution in [0.25, 0.3) is 0 Å². The Labute approximate surface area is 100 Å². The van der Waals surface area contributed by atoms with Gasteiger partial charge in [0.2, 0.25) is 0 Å². The number of carbonyl (C=O) groups is 1. The average Bonchev–Trinajstić information content (AvgIpc) is 2.24. The van der Waals surface area contributed by atoms with E-state index in [-0.39, 0.29) is 17.9 Å². The second kappa shape index (κ2) is 5.17. The van der Waals surface area contributed by atoms with Crippen LogP contribution in [0.1, 0.15) is 37.8 Å². The summed E-state index contributed by atoms with van der Waals surface area (Å²) in [5, 5.41) is 5.61. The molecule has 0 aliphatic heterocycles. The quantitative estimate of drug-likeness (QED) is 0.832. The van der Waals surface area contributed by atoms with Gasteiger partial charge in [-0.1, -0.05) is 18.2 Å². The Morgan fingerprint density at radius 2 is 2.12 bits per heavy atom. The highest BCUT2D eigenvalue weighted by Crippen LogP contribution is 2.19. The van der Waals surface area contributed by atoms with Crippen molar-refractivity contribution in [3.63, 3.8) is 0 Å². The van der Waals surface area contributed by atoms with Crippen LogP contribution in [0.5, 0.6) is 0 Å². The summed E-state index contributed by atoms with van der Waals surface area (Å²) in [6, 6.07) is 6.24. The number of carbonyl (C=O) groups excluding carboxylic acids is 1. The standard InChI is InChI=1S/C13H17FN2O/c1-9(11-7-2-3-8-12(11)14)15-13(17)16-10-5-4-6-10/h2-3,7-10H,4-6H2,1H3,(H2,15,16,17). The van der Waals surface area contributed by atoms with Gasteiger partial charge in [-0.2, -0.15) is 0 Å². The molecule has 0 bridgehead atoms. The van der Waals surface area contributed by atoms with Crippen molar-refractivity contribution in [1.29, 1.82) is 0 Å². The molecule has 1 aliphatic rings. The molecule has 0 aromatic heterocycles. The molecule has 1 fully saturated rings. The maximum atomic E-state index is 13.5. The Hall–Kier alpha value is -1.58. The van der Waals surface area contributed by atoms with E-state index in [0.29, 0.717) is 11.6 Å². The van der Waals surface area contributed by atoms with Gasteiger partial charge in [0, 0.05) is 11.6 Å². The second-order valence-electron chi connectivity index (χ2n) is 4.49. The zero-order valence-corrected chi connectivity index (χ0v) is 9.87. The van der Waals surface area contributed by atoms with E-state index in [1.807, 2.05) is 0 Å². The summed E-state index contributed by atoms with van der Waals surface area (Å²) in [4.78, 5) is 11.6. The smallest absolute Gasteiger partial charge is 0.315 e. The predicted molar refractivity (Wildman–Crippen MR) is 64.1 cm³/mol. The van der Waals surface area contributed by atoms with Gasteiger partial charge in [-0.05, 0) is 32.3 Å². The van der Waals surface area contributed by atoms with Crippen LogP contribution < -0.4 is 10.6 Å². The summed E-state index contributed by atoms with van der Waals surface area (Å²) in [7, 11) is 0. The van der Waals surface area contributed by atoms with Crippen molar-refractivity contribution in [2.45, 2.75) is 38.3 Å². The average molecular weight is 236 g/mol. The van der Waals surface area contributed by atoms with Gasteiger partial charge >= 0.3 is 6.03 Å². The van der Waals surface area contributed by atoms with Crippen LogP contribution in [0.2, 0.25) is 0 Å². The predicted octanol–water partition coefficient (Wildman–Crippen LogP) is 2.74. The molecule has 1 saturated carbocycles. The van der Waals surface area contributed by atoms with E-state index in [0.717, 1.165) is 12.8 Å². The highest BCUT2D eigenvalue weighted by molar-refractivity contribution is 5.74. The lowest BCUT2D eigenvalue weighted by atomic mass is 9.93. The van der Waals surface area contributed by atoms with Crippen LogP contribution in [-0.2, 0) is 0 Å². The van der Waals surface area contributed by atoms with E-state index in [9.17, 15) is 9.18 Å². The topological polar surface area (TPSA) is 41.1 Å². The van der Waals surface area contributed by atoms with Crippen LogP contribution >= 0.6 is 0 Å². The summed E-state index contributed by atoms with van der Waals surface area (Å²) in [6.45, 7) is 1.78. The maximum absolute atomic E-state index is 13.5. The minimum absolute atomic E-state index is 0.217. The minimum Gasteiger partial charge on any atom is -0.335 e. The van der Waals surface area contributed by atoms with Gasteiger partial charge in [-0.15, -0.1) is 0 Å². The fourth-order valence-electron chi connectivity index (χ4n) is 1.88. The third-order valence-electron chi connectivity index (χ3n) is 3.16. The Kier molecular flexibility index (Phi) is 3.61. The van der Waals surface area contributed by atoms with E-state index >= 15 is 0 Å². The number of nitrogens with one attached hydrogen (secondary N) is 2. The first-order chi connectivity index (χ1) is 8.16. The third-order valence-corrected chi connectivity index (χ3v) is 3.16. The summed E-state index contributed by atoms with van der Waals surface area (Å²) >= 11 is 0. The highest BCUT2D eigenvalue weighted by Gasteiger charge is 2.20. The molecule has 1 atom stereocenters. The van der Waals surface area contributed by atoms with E-state index in [4.69, 9.17) is 0 Å². The molecule has 1 unspecified atom stereocenters. The van der Waals surface area contributed by atoms with Gasteiger partial charge in [-0.25, -0.2) is 9.18 Å². The van der Waals surface area contributed by atoms with Crippen molar-refractivity contribution in [3.8, 4) is 0 Å². The lowest BCUT2D eigenvalue weighted by Gasteiger charge is -2.27. The first kappa shape index (κ1) is 11.9. The molecule has 1 aliphatic carbocycles. The number of urea groups is 1. The van der Waals surface area contributed by atoms with Gasteiger partial charge in [-0.3, -0.25) is 0 Å². The molecule has 3 nitrogen and oxygen atoms in total. The van der Waals surface area contributed by atoms with Crippen molar-refractivity contribution in [2.75, 3.05) is 0 Å². The molecule has 2 amide bonds. The van der Waals surface area contributed by atoms with Crippen molar-refractivity contribution >= 4 is 6.03 Å². The van der Waals surface area contributed by atoms with Gasteiger partial charge in [0.05, 0.1) is 6.04 Å². The molecule has 0 spiro atoms. The lowest BCUT2D eigenvalue weighted by molar-refractivity contribution is 0.225. The molecule has 0 saturated heterocycles. The second-order valence-corrected chi connectivity index (χ2v) is 4.49. The third kappa shape index (κ3) is 2.96. The van der Waals surface area contributed by atoms with E-state index in [2.05, 4.69) is 10.6 Å². The van der Waals surface area contributed by atoms with Crippen LogP contribution in [0.15, 0.2) is 24.3 Å². The number of halogens is 1. The van der Waals surface area contributed by atoms with Gasteiger partial charge in [0.1, 0.15) is 5.82 Å². The normalized spacial score (nSPS) is 17.1. The van der Waals surface area contributed by atoms with Crippen molar-refractivity contribution in [2.24, 2.45) is 0 Å². The van der Waals surface area contributed by atoms with Crippen LogP contribution in [-0.4, -0.2) is 12.1 Å². The van der Waals surface area contributed by atoms with Gasteiger partial charge in [0.15, 0.2) is 0 Å². The fourth-order valence-corrected chi connectivity index (χ4v) is 1.88. The summed E-state index contributed by atoms with van der Waals surface area (Å²) in [5.41, 5.74) is 0.510. The van der Waals surface area contributed by atoms with E-state index in [1.54, 1.807) is 25.1 Å². The highest BCUT2D eigenvalue weighted by atomic mass is 19.1. The van der Waals surface area contributed by atoms with Crippen molar-refractivity contribution in [1.82, 2.24) is 10.6 Å². The minimum atomic E-state index is -0.323. The zero-order valence-electron chi connectivity index (χ0n) is 9.87. The van der Waals surface area contributed by atoms with Crippen molar-refractivity contribution in [3.05, 3.63) is 35.6 Å². The molecular weight excluding hydrogens is 219 g/mol. The largest absolute Gasteiger partial charge is 0.335 e. The van der Waals surface area contributed by atoms with Crippen molar-refractivity contribution < 1.29 is 9.18 Å². The SMILES string of the molecule is CC(NC(=O)NC1CCC1)c1ccccc1F. The molecule has 92 valence electrons. The number of amides is 2. The van der Waals surface area contributed by atoms with E-state index in [1.165, 1.54) is 12.5 Å². The molecule has 4 heteroatoms. The van der Waals surface area contributed by atoms with Crippen LogP contribution in [0.3, 0.4) is 0 Å². The summed E-state index contributed by atoms with van der Waals surface area (Å²) in [6.07, 6.45) is 3.26. The number of hydrogen-bond donors (Lipinski definition) is 2. The van der Waals surface area contributed by atoms with Gasteiger partial charge < -0.3 is 10.6 Å². The Morgan fingerprint density at radius 1 is 1.41 bits per heavy atom. The molecular formula is C13H17FN2O. The van der Waals surface area contributed by atoms with Crippen LogP contribution in [0.4, 0.5) is 9.18 Å². The Bertz CT molecular complexity index is 404. The number of hydrogen-bond acceptors (Lipinski definition) is 1. The first-order valence-electron chi connectivity index (χ1n) is 5.98. The molecule has 17 heavy (non-hydrogen) atoms. The molecule has 0 heterocycles. The monoisotopic (exact) mass is 236 g/mol. The van der Waals surface area contributed by atoms with Gasteiger partial charge in [0.25, 0.3) is 0 Å². The number of benzene rings is 1. The van der Waals surface area contributed by atoms with E-state index < -0.39 is 0 Å². The molecule has 1 aromatic rings. The summed E-state index contributed by atoms with van der Waals surface area (Å²) in [5.74, 6) is -0.288. The molecule has 2 N–H and O–H groups in total. The fraction of sp³-hybridized carbons (Fsp3) is 0.462. The number of rotatable bonds is 3. The molecule has 1 aromatic carbocycles. The maximum Gasteiger partial charge on any atom is 0.315 e. The molecule has 0 radical (unpaired) electrons. The first-order valence-corrected chi connectivity index (χ1v) is 5.98. The zero-order chi connectivity index (χ0) is 12.3. The van der Waals surface area contributed by atoms with Crippen LogP contribution in [0, 0.1) is 5.82 Å². The lowest BCUT2D eigenvalue weighted by Crippen LogP contribution is -2.45.